The Kier molecular flexibility index (Phi) is 4.00. The molecule has 0 radical (unpaired) electrons. The Morgan fingerprint density at radius 3 is 2.69 bits per heavy atom. The third-order valence-corrected chi connectivity index (χ3v) is 2.66. The topological polar surface area (TPSA) is 69.4 Å². The zero-order valence-electron chi connectivity index (χ0n) is 8.77. The molecule has 0 bridgehead atoms. The van der Waals surface area contributed by atoms with Gasteiger partial charge >= 0.3 is 0 Å². The molecule has 0 fully saturated rings. The summed E-state index contributed by atoms with van der Waals surface area (Å²) in [5.74, 6) is 0.148. The van der Waals surface area contributed by atoms with Crippen LogP contribution in [0.3, 0.4) is 0 Å². The van der Waals surface area contributed by atoms with Gasteiger partial charge in [-0.05, 0) is 35.8 Å². The molecule has 0 amide bonds. The highest BCUT2D eigenvalue weighted by molar-refractivity contribution is 9.10. The molecule has 86 valence electrons. The first-order valence-electron chi connectivity index (χ1n) is 4.53. The first-order valence-corrected chi connectivity index (χ1v) is 5.32. The minimum atomic E-state index is -0.627. The Morgan fingerprint density at radius 1 is 1.56 bits per heavy atom. The van der Waals surface area contributed by atoms with Gasteiger partial charge in [0, 0.05) is 6.07 Å². The van der Waals surface area contributed by atoms with Crippen LogP contribution in [0.15, 0.2) is 22.7 Å². The molecule has 1 unspecified atom stereocenters. The van der Waals surface area contributed by atoms with Gasteiger partial charge in [0.1, 0.15) is 5.75 Å². The highest BCUT2D eigenvalue weighted by Gasteiger charge is 2.15. The smallest absolute Gasteiger partial charge is 0.273 e. The Balaban J connectivity index is 2.98. The summed E-state index contributed by atoms with van der Waals surface area (Å²) >= 11 is 3.20. The number of non-ortho nitro benzene ring substituents is 1. The van der Waals surface area contributed by atoms with Crippen LogP contribution in [0.4, 0.5) is 5.69 Å². The maximum Gasteiger partial charge on any atom is 0.273 e. The summed E-state index contributed by atoms with van der Waals surface area (Å²) in [5.41, 5.74) is -0.0750. The van der Waals surface area contributed by atoms with E-state index in [0.29, 0.717) is 4.47 Å². The quantitative estimate of drug-likeness (QED) is 0.631. The van der Waals surface area contributed by atoms with E-state index in [1.165, 1.54) is 25.1 Å². The molecule has 0 N–H and O–H groups in total. The predicted octanol–water partition coefficient (Wildman–Crippen LogP) is 2.71. The summed E-state index contributed by atoms with van der Waals surface area (Å²) in [7, 11) is 0. The summed E-state index contributed by atoms with van der Waals surface area (Å²) < 4.78 is 5.87. The van der Waals surface area contributed by atoms with Crippen molar-refractivity contribution >= 4 is 27.4 Å². The Labute approximate surface area is 101 Å². The third kappa shape index (κ3) is 3.03. The molecule has 1 atom stereocenters. The minimum Gasteiger partial charge on any atom is -0.482 e. The molecule has 1 aromatic rings. The van der Waals surface area contributed by atoms with Crippen molar-refractivity contribution in [2.45, 2.75) is 20.0 Å². The fraction of sp³-hybridized carbons (Fsp3) is 0.300. The van der Waals surface area contributed by atoms with Gasteiger partial charge in [-0.1, -0.05) is 0 Å². The van der Waals surface area contributed by atoms with Crippen molar-refractivity contribution < 1.29 is 14.5 Å². The molecule has 0 aromatic heterocycles. The predicted molar refractivity (Wildman–Crippen MR) is 61.6 cm³/mol. The van der Waals surface area contributed by atoms with Crippen LogP contribution in [0.2, 0.25) is 0 Å². The van der Waals surface area contributed by atoms with E-state index in [-0.39, 0.29) is 17.2 Å². The number of nitro benzene ring substituents is 1. The van der Waals surface area contributed by atoms with E-state index in [0.717, 1.165) is 0 Å². The second kappa shape index (κ2) is 5.07. The second-order valence-corrected chi connectivity index (χ2v) is 4.10. The van der Waals surface area contributed by atoms with Crippen molar-refractivity contribution in [3.05, 3.63) is 32.8 Å². The number of halogens is 1. The lowest BCUT2D eigenvalue weighted by Gasteiger charge is -2.12. The third-order valence-electron chi connectivity index (χ3n) is 2.00. The Bertz CT molecular complexity index is 433. The maximum atomic E-state index is 11.0. The van der Waals surface area contributed by atoms with Gasteiger partial charge in [0.15, 0.2) is 11.9 Å². The molecule has 0 saturated carbocycles. The van der Waals surface area contributed by atoms with E-state index in [4.69, 9.17) is 4.74 Å². The molecule has 0 aliphatic carbocycles. The van der Waals surface area contributed by atoms with Crippen molar-refractivity contribution in [2.75, 3.05) is 0 Å². The van der Waals surface area contributed by atoms with Gasteiger partial charge in [-0.3, -0.25) is 14.9 Å². The molecule has 16 heavy (non-hydrogen) atoms. The largest absolute Gasteiger partial charge is 0.482 e. The minimum absolute atomic E-state index is 0.0750. The lowest BCUT2D eigenvalue weighted by Crippen LogP contribution is -2.20. The number of carbonyl (C=O) groups excluding carboxylic acids is 1. The Hall–Kier alpha value is -1.43. The monoisotopic (exact) mass is 287 g/mol. The summed E-state index contributed by atoms with van der Waals surface area (Å²) in [4.78, 5) is 21.0. The fourth-order valence-electron chi connectivity index (χ4n) is 0.969. The molecule has 0 saturated heterocycles. The van der Waals surface area contributed by atoms with Crippen LogP contribution in [-0.4, -0.2) is 16.8 Å². The summed E-state index contributed by atoms with van der Waals surface area (Å²) in [6.45, 7) is 2.99. The molecule has 1 aromatic carbocycles. The maximum absolute atomic E-state index is 11.0. The standard InChI is InChI=1S/C10H10BrNO4/c1-6(13)7(2)16-10-5-8(12(14)15)3-4-9(10)11/h3-5,7H,1-2H3. The Morgan fingerprint density at radius 2 is 2.19 bits per heavy atom. The van der Waals surface area contributed by atoms with E-state index < -0.39 is 11.0 Å². The van der Waals surface area contributed by atoms with Crippen molar-refractivity contribution in [2.24, 2.45) is 0 Å². The van der Waals surface area contributed by atoms with Crippen LogP contribution >= 0.6 is 15.9 Å². The number of carbonyl (C=O) groups is 1. The number of nitro groups is 1. The fourth-order valence-corrected chi connectivity index (χ4v) is 1.31. The van der Waals surface area contributed by atoms with Crippen molar-refractivity contribution in [1.82, 2.24) is 0 Å². The highest BCUT2D eigenvalue weighted by Crippen LogP contribution is 2.30. The van der Waals surface area contributed by atoms with E-state index in [9.17, 15) is 14.9 Å². The molecule has 0 aliphatic rings. The number of benzene rings is 1. The average Bonchev–Trinajstić information content (AvgIpc) is 2.20. The van der Waals surface area contributed by atoms with Gasteiger partial charge in [0.25, 0.3) is 5.69 Å². The first kappa shape index (κ1) is 12.6. The van der Waals surface area contributed by atoms with Crippen LogP contribution < -0.4 is 4.74 Å². The summed E-state index contributed by atoms with van der Waals surface area (Å²) in [5, 5.41) is 10.6. The van der Waals surface area contributed by atoms with E-state index in [1.54, 1.807) is 6.92 Å². The van der Waals surface area contributed by atoms with E-state index in [2.05, 4.69) is 15.9 Å². The van der Waals surface area contributed by atoms with Crippen LogP contribution in [0.1, 0.15) is 13.8 Å². The molecule has 6 heteroatoms. The number of rotatable bonds is 4. The highest BCUT2D eigenvalue weighted by atomic mass is 79.9. The van der Waals surface area contributed by atoms with Gasteiger partial charge in [0.2, 0.25) is 0 Å². The number of ketones is 1. The number of nitrogens with zero attached hydrogens (tertiary/aromatic N) is 1. The van der Waals surface area contributed by atoms with Gasteiger partial charge in [-0.25, -0.2) is 0 Å². The SMILES string of the molecule is CC(=O)C(C)Oc1cc([N+](=O)[O-])ccc1Br. The second-order valence-electron chi connectivity index (χ2n) is 3.24. The number of hydrogen-bond donors (Lipinski definition) is 0. The van der Waals surface area contributed by atoms with Gasteiger partial charge in [0.05, 0.1) is 15.5 Å². The van der Waals surface area contributed by atoms with Gasteiger partial charge in [-0.15, -0.1) is 0 Å². The van der Waals surface area contributed by atoms with Crippen LogP contribution in [-0.2, 0) is 4.79 Å². The van der Waals surface area contributed by atoms with E-state index >= 15 is 0 Å². The van der Waals surface area contributed by atoms with Gasteiger partial charge in [-0.2, -0.15) is 0 Å². The molecule has 0 spiro atoms. The molecule has 0 aliphatic heterocycles. The number of Topliss-reactive ketones (excluding diaryl/α,β-unsaturated/α-hetero) is 1. The lowest BCUT2D eigenvalue weighted by atomic mass is 10.2. The molecule has 1 rings (SSSR count). The zero-order chi connectivity index (χ0) is 12.3. The summed E-state index contributed by atoms with van der Waals surface area (Å²) in [6, 6.07) is 4.15. The van der Waals surface area contributed by atoms with E-state index in [1.807, 2.05) is 0 Å². The molecule has 5 nitrogen and oxygen atoms in total. The molecular formula is C10H10BrNO4. The molecule has 0 heterocycles. The van der Waals surface area contributed by atoms with Crippen molar-refractivity contribution in [3.63, 3.8) is 0 Å². The summed E-state index contributed by atoms with van der Waals surface area (Å²) in [6.07, 6.45) is -0.627. The van der Waals surface area contributed by atoms with Crippen molar-refractivity contribution in [3.8, 4) is 5.75 Å². The van der Waals surface area contributed by atoms with Crippen molar-refractivity contribution in [1.29, 1.82) is 0 Å². The van der Waals surface area contributed by atoms with Crippen LogP contribution in [0.25, 0.3) is 0 Å². The number of ether oxygens (including phenoxy) is 1. The van der Waals surface area contributed by atoms with Crippen LogP contribution in [0.5, 0.6) is 5.75 Å². The first-order chi connectivity index (χ1) is 7.41. The van der Waals surface area contributed by atoms with Gasteiger partial charge < -0.3 is 4.74 Å². The zero-order valence-corrected chi connectivity index (χ0v) is 10.4. The normalized spacial score (nSPS) is 11.9. The molecular weight excluding hydrogens is 278 g/mol. The average molecular weight is 288 g/mol. The number of hydrogen-bond acceptors (Lipinski definition) is 4. The lowest BCUT2D eigenvalue weighted by molar-refractivity contribution is -0.385. The van der Waals surface area contributed by atoms with Crippen LogP contribution in [0, 0.1) is 10.1 Å².